The number of nitrogens with one attached hydrogen (secondary N) is 2. The SMILES string of the molecule is O=C(O)c1ccc(NC(=S)NC(O)c2ccccc2O)cc1. The van der Waals surface area contributed by atoms with E-state index in [2.05, 4.69) is 10.6 Å². The maximum absolute atomic E-state index is 10.8. The fourth-order valence-electron chi connectivity index (χ4n) is 1.78. The summed E-state index contributed by atoms with van der Waals surface area (Å²) < 4.78 is 0. The van der Waals surface area contributed by atoms with Crippen LogP contribution >= 0.6 is 12.2 Å². The van der Waals surface area contributed by atoms with Crippen molar-refractivity contribution >= 4 is 29.0 Å². The molecular weight excluding hydrogens is 304 g/mol. The number of carboxylic acid groups (broad SMARTS) is 1. The number of aliphatic hydroxyl groups is 1. The highest BCUT2D eigenvalue weighted by molar-refractivity contribution is 7.80. The second-order valence-corrected chi connectivity index (χ2v) is 4.85. The third-order valence-corrected chi connectivity index (χ3v) is 3.11. The minimum atomic E-state index is -1.17. The third kappa shape index (κ3) is 3.94. The van der Waals surface area contributed by atoms with Crippen LogP contribution < -0.4 is 10.6 Å². The fourth-order valence-corrected chi connectivity index (χ4v) is 2.01. The van der Waals surface area contributed by atoms with E-state index >= 15 is 0 Å². The van der Waals surface area contributed by atoms with Crippen LogP contribution in [0.25, 0.3) is 0 Å². The van der Waals surface area contributed by atoms with Crippen molar-refractivity contribution in [2.45, 2.75) is 6.23 Å². The Morgan fingerprint density at radius 1 is 1.09 bits per heavy atom. The smallest absolute Gasteiger partial charge is 0.335 e. The summed E-state index contributed by atoms with van der Waals surface area (Å²) in [6.07, 6.45) is -1.17. The standard InChI is InChI=1S/C15H14N2O4S/c18-12-4-2-1-3-11(12)13(19)17-15(22)16-10-7-5-9(6-8-10)14(20)21/h1-8,13,18-19H,(H,20,21)(H2,16,17,22). The lowest BCUT2D eigenvalue weighted by molar-refractivity contribution is 0.0697. The van der Waals surface area contributed by atoms with Gasteiger partial charge in [-0.05, 0) is 42.5 Å². The number of phenols is 1. The Bertz CT molecular complexity index is 688. The van der Waals surface area contributed by atoms with Gasteiger partial charge in [-0.2, -0.15) is 0 Å². The first kappa shape index (κ1) is 15.7. The van der Waals surface area contributed by atoms with E-state index in [1.54, 1.807) is 30.3 Å². The van der Waals surface area contributed by atoms with Crippen molar-refractivity contribution in [1.29, 1.82) is 0 Å². The number of anilines is 1. The number of carboxylic acids is 1. The minimum absolute atomic E-state index is 0.0453. The van der Waals surface area contributed by atoms with Gasteiger partial charge < -0.3 is 26.0 Å². The molecule has 1 atom stereocenters. The Hall–Kier alpha value is -2.64. The highest BCUT2D eigenvalue weighted by atomic mass is 32.1. The molecule has 2 aromatic carbocycles. The number of aromatic carboxylic acids is 1. The van der Waals surface area contributed by atoms with Crippen LogP contribution in [0, 0.1) is 0 Å². The van der Waals surface area contributed by atoms with Gasteiger partial charge in [0, 0.05) is 11.3 Å². The van der Waals surface area contributed by atoms with E-state index in [1.807, 2.05) is 0 Å². The number of aromatic hydroxyl groups is 1. The molecule has 0 saturated heterocycles. The second-order valence-electron chi connectivity index (χ2n) is 4.44. The van der Waals surface area contributed by atoms with Crippen molar-refractivity contribution < 1.29 is 20.1 Å². The Labute approximate surface area is 132 Å². The monoisotopic (exact) mass is 318 g/mol. The summed E-state index contributed by atoms with van der Waals surface area (Å²) in [7, 11) is 0. The van der Waals surface area contributed by atoms with Crippen LogP contribution in [-0.4, -0.2) is 26.4 Å². The first-order valence-corrected chi connectivity index (χ1v) is 6.75. The number of hydrogen-bond acceptors (Lipinski definition) is 4. The largest absolute Gasteiger partial charge is 0.507 e. The Morgan fingerprint density at radius 3 is 2.32 bits per heavy atom. The molecule has 1 unspecified atom stereocenters. The topological polar surface area (TPSA) is 102 Å². The summed E-state index contributed by atoms with van der Waals surface area (Å²) in [4.78, 5) is 10.8. The first-order valence-electron chi connectivity index (χ1n) is 6.34. The lowest BCUT2D eigenvalue weighted by Crippen LogP contribution is -2.32. The number of rotatable bonds is 4. The number of phenolic OH excluding ortho intramolecular Hbond substituents is 1. The number of carbonyl (C=O) groups is 1. The van der Waals surface area contributed by atoms with Gasteiger partial charge in [0.1, 0.15) is 5.75 Å². The van der Waals surface area contributed by atoms with Crippen molar-refractivity contribution in [2.75, 3.05) is 5.32 Å². The van der Waals surface area contributed by atoms with Gasteiger partial charge in [-0.3, -0.25) is 0 Å². The Balaban J connectivity index is 1.98. The molecule has 0 aliphatic carbocycles. The Morgan fingerprint density at radius 2 is 1.73 bits per heavy atom. The molecule has 0 spiro atoms. The molecule has 2 aromatic rings. The van der Waals surface area contributed by atoms with Crippen molar-refractivity contribution in [1.82, 2.24) is 5.32 Å². The molecule has 0 radical (unpaired) electrons. The van der Waals surface area contributed by atoms with Crippen molar-refractivity contribution in [3.05, 3.63) is 59.7 Å². The molecule has 0 aliphatic heterocycles. The molecule has 6 nitrogen and oxygen atoms in total. The Kier molecular flexibility index (Phi) is 4.92. The normalized spacial score (nSPS) is 11.5. The van der Waals surface area contributed by atoms with E-state index < -0.39 is 12.2 Å². The number of hydrogen-bond donors (Lipinski definition) is 5. The predicted molar refractivity (Wildman–Crippen MR) is 85.8 cm³/mol. The average Bonchev–Trinajstić information content (AvgIpc) is 2.48. The van der Waals surface area contributed by atoms with Gasteiger partial charge in [0.05, 0.1) is 5.56 Å². The van der Waals surface area contributed by atoms with E-state index in [1.165, 1.54) is 18.2 Å². The maximum Gasteiger partial charge on any atom is 0.335 e. The summed E-state index contributed by atoms with van der Waals surface area (Å²) in [5, 5.41) is 34.0. The van der Waals surface area contributed by atoms with Crippen LogP contribution in [0.3, 0.4) is 0 Å². The van der Waals surface area contributed by atoms with Gasteiger partial charge in [0.15, 0.2) is 11.3 Å². The van der Waals surface area contributed by atoms with Gasteiger partial charge in [0.25, 0.3) is 0 Å². The van der Waals surface area contributed by atoms with E-state index in [-0.39, 0.29) is 16.4 Å². The van der Waals surface area contributed by atoms with E-state index in [9.17, 15) is 15.0 Å². The minimum Gasteiger partial charge on any atom is -0.507 e. The molecule has 7 heteroatoms. The highest BCUT2D eigenvalue weighted by Gasteiger charge is 2.12. The zero-order valence-electron chi connectivity index (χ0n) is 11.4. The second kappa shape index (κ2) is 6.88. The molecule has 0 heterocycles. The van der Waals surface area contributed by atoms with Crippen LogP contribution in [0.2, 0.25) is 0 Å². The molecule has 0 fully saturated rings. The molecule has 0 bridgehead atoms. The highest BCUT2D eigenvalue weighted by Crippen LogP contribution is 2.21. The summed E-state index contributed by atoms with van der Waals surface area (Å²) in [6, 6.07) is 12.3. The fraction of sp³-hybridized carbons (Fsp3) is 0.0667. The van der Waals surface area contributed by atoms with Crippen molar-refractivity contribution in [3.8, 4) is 5.75 Å². The summed E-state index contributed by atoms with van der Waals surface area (Å²) >= 11 is 5.06. The molecular formula is C15H14N2O4S. The molecule has 0 amide bonds. The van der Waals surface area contributed by atoms with Gasteiger partial charge in [-0.15, -0.1) is 0 Å². The lowest BCUT2D eigenvalue weighted by Gasteiger charge is -2.17. The zero-order valence-corrected chi connectivity index (χ0v) is 12.2. The van der Waals surface area contributed by atoms with Crippen molar-refractivity contribution in [3.63, 3.8) is 0 Å². The van der Waals surface area contributed by atoms with E-state index in [4.69, 9.17) is 17.3 Å². The summed E-state index contributed by atoms with van der Waals surface area (Å²) in [6.45, 7) is 0. The van der Waals surface area contributed by atoms with Gasteiger partial charge in [-0.1, -0.05) is 18.2 Å². The number of benzene rings is 2. The summed E-state index contributed by atoms with van der Waals surface area (Å²) in [5.74, 6) is -1.06. The van der Waals surface area contributed by atoms with Crippen LogP contribution in [0.5, 0.6) is 5.75 Å². The molecule has 0 saturated carbocycles. The van der Waals surface area contributed by atoms with Gasteiger partial charge >= 0.3 is 5.97 Å². The molecule has 0 aliphatic rings. The molecule has 0 aromatic heterocycles. The predicted octanol–water partition coefficient (Wildman–Crippen LogP) is 2.07. The van der Waals surface area contributed by atoms with Crippen LogP contribution in [0.1, 0.15) is 22.1 Å². The van der Waals surface area contributed by atoms with E-state index in [0.29, 0.717) is 11.3 Å². The number of para-hydroxylation sites is 1. The molecule has 2 rings (SSSR count). The van der Waals surface area contributed by atoms with Crippen LogP contribution in [0.15, 0.2) is 48.5 Å². The molecule has 5 N–H and O–H groups in total. The van der Waals surface area contributed by atoms with Gasteiger partial charge in [-0.25, -0.2) is 4.79 Å². The van der Waals surface area contributed by atoms with Crippen LogP contribution in [0.4, 0.5) is 5.69 Å². The number of thiocarbonyl (C=S) groups is 1. The molecule has 22 heavy (non-hydrogen) atoms. The quantitative estimate of drug-likeness (QED) is 0.434. The zero-order chi connectivity index (χ0) is 16.1. The first-order chi connectivity index (χ1) is 10.5. The van der Waals surface area contributed by atoms with E-state index in [0.717, 1.165) is 0 Å². The summed E-state index contributed by atoms with van der Waals surface area (Å²) in [5.41, 5.74) is 1.04. The number of aliphatic hydroxyl groups excluding tert-OH is 1. The third-order valence-electron chi connectivity index (χ3n) is 2.89. The van der Waals surface area contributed by atoms with Gasteiger partial charge in [0.2, 0.25) is 0 Å². The van der Waals surface area contributed by atoms with Crippen molar-refractivity contribution in [2.24, 2.45) is 0 Å². The molecule has 114 valence electrons. The lowest BCUT2D eigenvalue weighted by atomic mass is 10.2. The average molecular weight is 318 g/mol. The maximum atomic E-state index is 10.8. The van der Waals surface area contributed by atoms with Crippen LogP contribution in [-0.2, 0) is 0 Å².